The van der Waals surface area contributed by atoms with Crippen LogP contribution in [0.15, 0.2) is 0 Å². The Morgan fingerprint density at radius 3 is 1.83 bits per heavy atom. The molecule has 0 spiro atoms. The summed E-state index contributed by atoms with van der Waals surface area (Å²) in [4.78, 5) is 44.3. The molecule has 3 fully saturated rings. The van der Waals surface area contributed by atoms with Crippen LogP contribution in [0.2, 0.25) is 0 Å². The molecular weight excluding hydrogens is 618 g/mol. The highest BCUT2D eigenvalue weighted by Gasteiger charge is 2.49. The van der Waals surface area contributed by atoms with Gasteiger partial charge >= 0.3 is 12.1 Å². The van der Waals surface area contributed by atoms with Crippen LogP contribution in [0.25, 0.3) is 0 Å². The zero-order chi connectivity index (χ0) is 34.5. The van der Waals surface area contributed by atoms with Gasteiger partial charge in [-0.05, 0) is 59.3 Å². The molecule has 3 rings (SSSR count). The lowest BCUT2D eigenvalue weighted by molar-refractivity contribution is -0.929. The first-order chi connectivity index (χ1) is 21.6. The van der Waals surface area contributed by atoms with Crippen LogP contribution in [-0.2, 0) is 29.1 Å². The second-order valence-corrected chi connectivity index (χ2v) is 14.7. The van der Waals surface area contributed by atoms with Crippen LogP contribution in [0.5, 0.6) is 0 Å². The molecule has 2 atom stereocenters. The molecule has 2 bridgehead atoms. The molecule has 15 heteroatoms. The van der Waals surface area contributed by atoms with E-state index in [4.69, 9.17) is 9.57 Å². The number of carbonyl (C=O) groups excluding carboxylic acids is 3. The average Bonchev–Trinajstić information content (AvgIpc) is 3.18. The summed E-state index contributed by atoms with van der Waals surface area (Å²) in [6.45, 7) is 20.8. The van der Waals surface area contributed by atoms with Crippen molar-refractivity contribution in [1.29, 1.82) is 0 Å². The van der Waals surface area contributed by atoms with Gasteiger partial charge in [-0.2, -0.15) is 9.35 Å². The van der Waals surface area contributed by atoms with E-state index in [0.29, 0.717) is 5.06 Å². The maximum atomic E-state index is 12.4. The number of nitrogens with zero attached hydrogens (tertiary/aromatic N) is 4. The highest BCUT2D eigenvalue weighted by atomic mass is 32.3. The molecule has 14 nitrogen and oxygen atoms in total. The van der Waals surface area contributed by atoms with Crippen LogP contribution in [0.4, 0.5) is 9.59 Å². The number of piperidine rings is 1. The van der Waals surface area contributed by atoms with Crippen molar-refractivity contribution in [3.8, 4) is 0 Å². The maximum Gasteiger partial charge on any atom is 0.410 e. The van der Waals surface area contributed by atoms with Gasteiger partial charge in [0.2, 0.25) is 10.4 Å². The summed E-state index contributed by atoms with van der Waals surface area (Å²) < 4.78 is 43.2. The Hall–Kier alpha value is -2.20. The number of fused-ring (bicyclic) bond motifs is 2. The minimum Gasteiger partial charge on any atom is -0.724 e. The Morgan fingerprint density at radius 2 is 1.39 bits per heavy atom. The molecule has 0 radical (unpaired) electrons. The molecule has 0 aromatic heterocycles. The maximum absolute atomic E-state index is 12.4. The summed E-state index contributed by atoms with van der Waals surface area (Å²) in [5.41, 5.74) is 1.67. The van der Waals surface area contributed by atoms with E-state index in [1.165, 1.54) is 86.9 Å². The number of hydroxylamine groups is 3. The number of urea groups is 1. The van der Waals surface area contributed by atoms with Gasteiger partial charge in [0.15, 0.2) is 0 Å². The summed E-state index contributed by atoms with van der Waals surface area (Å²) in [5.74, 6) is -0.584. The zero-order valence-corrected chi connectivity index (χ0v) is 29.9. The van der Waals surface area contributed by atoms with Crippen LogP contribution in [0, 0.1) is 0 Å². The monoisotopic (exact) mass is 677 g/mol. The van der Waals surface area contributed by atoms with Crippen molar-refractivity contribution in [2.45, 2.75) is 136 Å². The Morgan fingerprint density at radius 1 is 0.891 bits per heavy atom. The molecular formula is C31H59N5O9S. The minimum atomic E-state index is -5.10. The number of rotatable bonds is 17. The summed E-state index contributed by atoms with van der Waals surface area (Å²) >= 11 is 0. The Labute approximate surface area is 276 Å². The smallest absolute Gasteiger partial charge is 0.410 e. The SMILES string of the molecule is CC(C)(C)OC(=O)N1CC(ONC(=O)[C@@H]2CC[C@@H]3CN2C(=O)N3OS(=O)(=O)[O-])C1.CCCC[N+](CCCC)(CCCC)CCCC. The number of carbonyl (C=O) groups is 3. The van der Waals surface area contributed by atoms with Gasteiger partial charge in [0, 0.05) is 6.54 Å². The number of quaternary nitrogens is 1. The lowest BCUT2D eigenvalue weighted by Gasteiger charge is -2.39. The average molecular weight is 678 g/mol. The van der Waals surface area contributed by atoms with E-state index in [2.05, 4.69) is 37.5 Å². The molecule has 3 heterocycles. The zero-order valence-electron chi connectivity index (χ0n) is 29.1. The Balaban J connectivity index is 0.000000372. The fourth-order valence-electron chi connectivity index (χ4n) is 5.94. The number of nitrogens with one attached hydrogen (secondary N) is 1. The van der Waals surface area contributed by atoms with Crippen molar-refractivity contribution in [1.82, 2.24) is 20.3 Å². The molecule has 0 aromatic rings. The third-order valence-corrected chi connectivity index (χ3v) is 8.91. The summed E-state index contributed by atoms with van der Waals surface area (Å²) in [6.07, 6.45) is 10.7. The molecule has 0 aromatic carbocycles. The van der Waals surface area contributed by atoms with Gasteiger partial charge in [-0.3, -0.25) is 9.63 Å². The third-order valence-electron chi connectivity index (χ3n) is 8.57. The van der Waals surface area contributed by atoms with Crippen LogP contribution < -0.4 is 5.48 Å². The molecule has 0 aliphatic carbocycles. The van der Waals surface area contributed by atoms with Crippen LogP contribution >= 0.6 is 0 Å². The van der Waals surface area contributed by atoms with E-state index < -0.39 is 52.2 Å². The highest BCUT2D eigenvalue weighted by molar-refractivity contribution is 7.80. The van der Waals surface area contributed by atoms with Crippen molar-refractivity contribution in [2.24, 2.45) is 0 Å². The molecule has 3 aliphatic rings. The number of likely N-dealkylation sites (tertiary alicyclic amines) is 1. The number of hydrogen-bond acceptors (Lipinski definition) is 9. The Bertz CT molecular complexity index is 1040. The van der Waals surface area contributed by atoms with E-state index in [0.717, 1.165) is 4.90 Å². The molecule has 46 heavy (non-hydrogen) atoms. The van der Waals surface area contributed by atoms with Crippen molar-refractivity contribution >= 4 is 28.4 Å². The second-order valence-electron chi connectivity index (χ2n) is 13.7. The first-order valence-corrected chi connectivity index (χ1v) is 18.5. The molecule has 3 aliphatic heterocycles. The lowest BCUT2D eigenvalue weighted by atomic mass is 10.0. The fraction of sp³-hybridized carbons (Fsp3) is 0.903. The molecule has 3 saturated heterocycles. The van der Waals surface area contributed by atoms with E-state index in [1.54, 1.807) is 20.8 Å². The third kappa shape index (κ3) is 12.8. The quantitative estimate of drug-likeness (QED) is 0.102. The van der Waals surface area contributed by atoms with E-state index in [-0.39, 0.29) is 32.5 Å². The Kier molecular flexibility index (Phi) is 16.0. The standard InChI is InChI=1S/C16H36N.C15H24N4O9S/c1-5-9-13-17(14-10-6-2,15-11-7-3)16-12-8-4;1-15(2,3)26-14(22)17-7-10(8-17)27-16-12(20)11-5-4-9-6-18(11)13(21)19(9)28-29(23,24)25/h5-16H2,1-4H3;9-11H,4-8H2,1-3H3,(H,16,20)(H,23,24,25)/q+1;/p-1/t;9-,11+/m.1/s1. The predicted molar refractivity (Wildman–Crippen MR) is 172 cm³/mol. The van der Waals surface area contributed by atoms with Gasteiger partial charge in [-0.1, -0.05) is 53.4 Å². The minimum absolute atomic E-state index is 0.0578. The topological polar surface area (TPSA) is 158 Å². The molecule has 0 unspecified atom stereocenters. The first kappa shape index (κ1) is 40.0. The van der Waals surface area contributed by atoms with Gasteiger partial charge in [-0.25, -0.2) is 23.5 Å². The van der Waals surface area contributed by atoms with Gasteiger partial charge < -0.3 is 23.6 Å². The summed E-state index contributed by atoms with van der Waals surface area (Å²) in [5, 5.41) is 0.501. The van der Waals surface area contributed by atoms with E-state index >= 15 is 0 Å². The van der Waals surface area contributed by atoms with Crippen LogP contribution in [0.3, 0.4) is 0 Å². The molecule has 268 valence electrons. The summed E-state index contributed by atoms with van der Waals surface area (Å²) in [6, 6.07) is -2.37. The van der Waals surface area contributed by atoms with Gasteiger partial charge in [0.1, 0.15) is 17.7 Å². The normalized spacial score (nSPS) is 20.3. The largest absolute Gasteiger partial charge is 0.724 e. The molecule has 4 amide bonds. The van der Waals surface area contributed by atoms with Crippen LogP contribution in [0.1, 0.15) is 113 Å². The molecule has 0 saturated carbocycles. The second kappa shape index (κ2) is 18.4. The number of amides is 4. The number of hydrogen-bond donors (Lipinski definition) is 1. The number of ether oxygens (including phenoxy) is 1. The van der Waals surface area contributed by atoms with E-state index in [9.17, 15) is 27.4 Å². The van der Waals surface area contributed by atoms with Crippen LogP contribution in [-0.4, -0.2) is 120 Å². The fourth-order valence-corrected chi connectivity index (χ4v) is 6.33. The van der Waals surface area contributed by atoms with Crippen molar-refractivity contribution in [3.05, 3.63) is 0 Å². The number of unbranched alkanes of at least 4 members (excludes halogenated alkanes) is 4. The highest BCUT2D eigenvalue weighted by Crippen LogP contribution is 2.31. The van der Waals surface area contributed by atoms with Gasteiger partial charge in [0.25, 0.3) is 5.91 Å². The predicted octanol–water partition coefficient (Wildman–Crippen LogP) is 4.32. The van der Waals surface area contributed by atoms with Gasteiger partial charge in [-0.15, -0.1) is 0 Å². The van der Waals surface area contributed by atoms with Gasteiger partial charge in [0.05, 0.1) is 45.3 Å². The summed E-state index contributed by atoms with van der Waals surface area (Å²) in [7, 11) is -5.10. The van der Waals surface area contributed by atoms with Crippen molar-refractivity contribution < 1.29 is 45.7 Å². The first-order valence-electron chi connectivity index (χ1n) is 17.1. The van der Waals surface area contributed by atoms with Crippen molar-refractivity contribution in [3.63, 3.8) is 0 Å². The van der Waals surface area contributed by atoms with Crippen molar-refractivity contribution in [2.75, 3.05) is 45.8 Å². The lowest BCUT2D eigenvalue weighted by Crippen LogP contribution is -2.58. The van der Waals surface area contributed by atoms with E-state index in [1.807, 2.05) is 0 Å². The molecule has 1 N–H and O–H groups in total.